The molecule has 0 aliphatic rings. The summed E-state index contributed by atoms with van der Waals surface area (Å²) < 4.78 is 10.5. The summed E-state index contributed by atoms with van der Waals surface area (Å²) in [7, 11) is 2.08. The van der Waals surface area contributed by atoms with Crippen LogP contribution in [-0.4, -0.2) is 9.38 Å². The zero-order chi connectivity index (χ0) is 18.6. The lowest BCUT2D eigenvalue weighted by molar-refractivity contribution is -0.647. The van der Waals surface area contributed by atoms with Gasteiger partial charge in [-0.25, -0.2) is 4.57 Å². The van der Waals surface area contributed by atoms with E-state index in [4.69, 9.17) is 4.42 Å². The van der Waals surface area contributed by atoms with E-state index in [1.54, 1.807) is 0 Å². The van der Waals surface area contributed by atoms with Crippen LogP contribution in [0.1, 0.15) is 5.56 Å². The summed E-state index contributed by atoms with van der Waals surface area (Å²) in [6.45, 7) is 2.20. The molecule has 0 N–H and O–H groups in total. The number of hydrogen-bond donors (Lipinski definition) is 0. The zero-order valence-corrected chi connectivity index (χ0v) is 15.5. The zero-order valence-electron chi connectivity index (χ0n) is 15.5. The Kier molecular flexibility index (Phi) is 2.36. The van der Waals surface area contributed by atoms with Crippen LogP contribution >= 0.6 is 0 Å². The lowest BCUT2D eigenvalue weighted by Crippen LogP contribution is -2.30. The van der Waals surface area contributed by atoms with Crippen LogP contribution in [-0.2, 0) is 7.05 Å². The number of para-hydroxylation sites is 1. The third-order valence-corrected chi connectivity index (χ3v) is 6.22. The van der Waals surface area contributed by atoms with Crippen LogP contribution in [0.3, 0.4) is 0 Å². The van der Waals surface area contributed by atoms with Crippen LogP contribution in [0.4, 0.5) is 0 Å². The van der Waals surface area contributed by atoms with Gasteiger partial charge in [0.1, 0.15) is 11.1 Å². The van der Waals surface area contributed by atoms with Crippen molar-refractivity contribution < 1.29 is 8.98 Å². The predicted molar refractivity (Wildman–Crippen MR) is 112 cm³/mol. The molecule has 28 heavy (non-hydrogen) atoms. The molecule has 4 aromatic heterocycles. The van der Waals surface area contributed by atoms with E-state index in [1.807, 2.05) is 18.8 Å². The Morgan fingerprint density at radius 2 is 1.79 bits per heavy atom. The second-order valence-electron chi connectivity index (χ2n) is 7.66. The summed E-state index contributed by atoms with van der Waals surface area (Å²) in [6.07, 6.45) is 5.68. The normalized spacial score (nSPS) is 12.6. The van der Waals surface area contributed by atoms with Crippen molar-refractivity contribution in [2.24, 2.45) is 7.05 Å². The summed E-state index contributed by atoms with van der Waals surface area (Å²) in [6, 6.07) is 15.1. The van der Waals surface area contributed by atoms with Crippen molar-refractivity contribution >= 4 is 60.0 Å². The second kappa shape index (κ2) is 4.60. The molecule has 0 fully saturated rings. The third-order valence-electron chi connectivity index (χ3n) is 6.22. The van der Waals surface area contributed by atoms with Gasteiger partial charge in [-0.3, -0.25) is 0 Å². The molecule has 0 aliphatic carbocycles. The summed E-state index contributed by atoms with van der Waals surface area (Å²) in [5.41, 5.74) is 6.96. The SMILES string of the molecule is Cc1ccc2c3ccoc3c3c4ccccc4n4c5cnc[n+](C)c5c1c2c34. The van der Waals surface area contributed by atoms with Crippen LogP contribution in [0, 0.1) is 6.92 Å². The molecule has 7 aromatic rings. The number of pyridine rings is 1. The maximum absolute atomic E-state index is 6.03. The summed E-state index contributed by atoms with van der Waals surface area (Å²) in [5, 5.41) is 7.41. The van der Waals surface area contributed by atoms with E-state index < -0.39 is 0 Å². The first-order valence-electron chi connectivity index (χ1n) is 9.45. The molecule has 0 bridgehead atoms. The minimum absolute atomic E-state index is 0.962. The number of aromatic nitrogens is 3. The molecule has 3 aromatic carbocycles. The van der Waals surface area contributed by atoms with Crippen LogP contribution < -0.4 is 4.57 Å². The molecule has 4 heteroatoms. The number of benzene rings is 3. The molecule has 0 aliphatic heterocycles. The van der Waals surface area contributed by atoms with Crippen molar-refractivity contribution in [1.82, 2.24) is 9.38 Å². The first kappa shape index (κ1) is 14.4. The van der Waals surface area contributed by atoms with Crippen molar-refractivity contribution in [2.75, 3.05) is 0 Å². The molecule has 7 rings (SSSR count). The van der Waals surface area contributed by atoms with E-state index in [0.717, 1.165) is 11.1 Å². The highest BCUT2D eigenvalue weighted by atomic mass is 16.3. The van der Waals surface area contributed by atoms with Gasteiger partial charge in [0.2, 0.25) is 0 Å². The molecule has 0 unspecified atom stereocenters. The fourth-order valence-electron chi connectivity index (χ4n) is 5.13. The topological polar surface area (TPSA) is 34.3 Å². The van der Waals surface area contributed by atoms with Crippen molar-refractivity contribution in [1.29, 1.82) is 0 Å². The van der Waals surface area contributed by atoms with Gasteiger partial charge in [0, 0.05) is 21.5 Å². The molecule has 4 heterocycles. The average molecular weight is 362 g/mol. The molecule has 0 amide bonds. The first-order valence-corrected chi connectivity index (χ1v) is 9.45. The Morgan fingerprint density at radius 1 is 0.893 bits per heavy atom. The van der Waals surface area contributed by atoms with Crippen LogP contribution in [0.5, 0.6) is 0 Å². The largest absolute Gasteiger partial charge is 0.464 e. The van der Waals surface area contributed by atoms with Crippen molar-refractivity contribution in [3.63, 3.8) is 0 Å². The highest BCUT2D eigenvalue weighted by Crippen LogP contribution is 2.45. The van der Waals surface area contributed by atoms with Crippen molar-refractivity contribution in [2.45, 2.75) is 6.92 Å². The standard InChI is InChI=1S/C24H16N3O/c1-13-7-8-14-15-9-10-28-24(15)21-16-5-3-4-6-17(16)27-18-11-25-12-26(2)22(18)19(13)20(14)23(21)27/h3-12H,1-2H3/q+1. The molecule has 0 saturated heterocycles. The highest BCUT2D eigenvalue weighted by Gasteiger charge is 2.25. The van der Waals surface area contributed by atoms with Crippen LogP contribution in [0.15, 0.2) is 65.7 Å². The lowest BCUT2D eigenvalue weighted by Gasteiger charge is -2.14. The van der Waals surface area contributed by atoms with Gasteiger partial charge >= 0.3 is 0 Å². The quantitative estimate of drug-likeness (QED) is 0.209. The number of aryl methyl sites for hydroxylation is 2. The smallest absolute Gasteiger partial charge is 0.286 e. The predicted octanol–water partition coefficient (Wildman–Crippen LogP) is 5.26. The molecule has 0 saturated carbocycles. The highest BCUT2D eigenvalue weighted by molar-refractivity contribution is 6.36. The molecule has 0 radical (unpaired) electrons. The van der Waals surface area contributed by atoms with Crippen LogP contribution in [0.25, 0.3) is 60.0 Å². The summed E-state index contributed by atoms with van der Waals surface area (Å²) >= 11 is 0. The van der Waals surface area contributed by atoms with E-state index >= 15 is 0 Å². The monoisotopic (exact) mass is 362 g/mol. The van der Waals surface area contributed by atoms with Gasteiger partial charge in [-0.2, -0.15) is 0 Å². The van der Waals surface area contributed by atoms with Gasteiger partial charge in [0.15, 0.2) is 11.7 Å². The Labute approximate surface area is 159 Å². The third kappa shape index (κ3) is 1.43. The molecular formula is C24H16N3O+. The molecule has 0 spiro atoms. The lowest BCUT2D eigenvalue weighted by atomic mass is 9.95. The molecular weight excluding hydrogens is 346 g/mol. The summed E-state index contributed by atoms with van der Waals surface area (Å²) in [4.78, 5) is 4.51. The fourth-order valence-corrected chi connectivity index (χ4v) is 5.13. The minimum Gasteiger partial charge on any atom is -0.464 e. The van der Waals surface area contributed by atoms with E-state index in [-0.39, 0.29) is 0 Å². The Hall–Kier alpha value is -3.66. The Bertz CT molecular complexity index is 1740. The second-order valence-corrected chi connectivity index (χ2v) is 7.66. The molecule has 0 atom stereocenters. The van der Waals surface area contributed by atoms with E-state index in [9.17, 15) is 0 Å². The summed E-state index contributed by atoms with van der Waals surface area (Å²) in [5.74, 6) is 0. The van der Waals surface area contributed by atoms with Crippen LogP contribution in [0.2, 0.25) is 0 Å². The number of rotatable bonds is 0. The molecule has 132 valence electrons. The minimum atomic E-state index is 0.962. The molecule has 4 nitrogen and oxygen atoms in total. The Morgan fingerprint density at radius 3 is 2.71 bits per heavy atom. The number of nitrogens with zero attached hydrogens (tertiary/aromatic N) is 3. The van der Waals surface area contributed by atoms with Gasteiger partial charge in [0.25, 0.3) is 6.33 Å². The number of fused-ring (bicyclic) bond motifs is 9. The fraction of sp³-hybridized carbons (Fsp3) is 0.0833. The van der Waals surface area contributed by atoms with Crippen molar-refractivity contribution in [3.8, 4) is 0 Å². The Balaban J connectivity index is 2.08. The van der Waals surface area contributed by atoms with E-state index in [1.165, 1.54) is 54.4 Å². The van der Waals surface area contributed by atoms with E-state index in [2.05, 4.69) is 70.4 Å². The first-order chi connectivity index (χ1) is 13.8. The van der Waals surface area contributed by atoms with Gasteiger partial charge in [0.05, 0.1) is 29.7 Å². The van der Waals surface area contributed by atoms with Gasteiger partial charge in [-0.15, -0.1) is 0 Å². The van der Waals surface area contributed by atoms with E-state index in [0.29, 0.717) is 0 Å². The average Bonchev–Trinajstić information content (AvgIpc) is 3.31. The maximum Gasteiger partial charge on any atom is 0.286 e. The number of furan rings is 1. The number of hydrogen-bond acceptors (Lipinski definition) is 2. The van der Waals surface area contributed by atoms with Gasteiger partial charge < -0.3 is 8.82 Å². The maximum atomic E-state index is 6.03. The van der Waals surface area contributed by atoms with Gasteiger partial charge in [-0.05, 0) is 30.0 Å². The van der Waals surface area contributed by atoms with Crippen molar-refractivity contribution in [3.05, 3.63) is 66.8 Å². The van der Waals surface area contributed by atoms with Gasteiger partial charge in [-0.1, -0.05) is 35.3 Å².